The van der Waals surface area contributed by atoms with Crippen LogP contribution in [0.4, 0.5) is 14.5 Å². The number of nitrogens with zero attached hydrogens (tertiary/aromatic N) is 2. The van der Waals surface area contributed by atoms with E-state index in [-0.39, 0.29) is 28.3 Å². The van der Waals surface area contributed by atoms with E-state index < -0.39 is 12.0 Å². The molecule has 0 amide bonds. The average Bonchev–Trinajstić information content (AvgIpc) is 3.52. The van der Waals surface area contributed by atoms with Crippen molar-refractivity contribution in [1.29, 1.82) is 0 Å². The van der Waals surface area contributed by atoms with Crippen LogP contribution in [0.3, 0.4) is 0 Å². The lowest BCUT2D eigenvalue weighted by molar-refractivity contribution is 0.410. The predicted octanol–water partition coefficient (Wildman–Crippen LogP) is 2.67. The van der Waals surface area contributed by atoms with Crippen molar-refractivity contribution in [1.82, 2.24) is 4.57 Å². The van der Waals surface area contributed by atoms with Crippen molar-refractivity contribution in [3.8, 4) is 5.75 Å². The Kier molecular flexibility index (Phi) is 3.42. The number of methoxy groups -OCH3 is 1. The smallest absolute Gasteiger partial charge is 0.192 e. The number of nitrogens with two attached hydrogens (primary N) is 1. The van der Waals surface area contributed by atoms with Gasteiger partial charge in [0.2, 0.25) is 0 Å². The summed E-state index contributed by atoms with van der Waals surface area (Å²) in [6, 6.07) is 0.934. The number of aromatic nitrogens is 1. The first-order valence-electron chi connectivity index (χ1n) is 9.43. The van der Waals surface area contributed by atoms with Crippen LogP contribution in [0.2, 0.25) is 0 Å². The summed E-state index contributed by atoms with van der Waals surface area (Å²) in [5, 5.41) is 0.233. The lowest BCUT2D eigenvalue weighted by atomic mass is 10.0. The molecular formula is C20H23F2N3O2. The van der Waals surface area contributed by atoms with Gasteiger partial charge in [-0.1, -0.05) is 0 Å². The fraction of sp³-hybridized carbons (Fsp3) is 0.550. The molecule has 2 heterocycles. The third-order valence-electron chi connectivity index (χ3n) is 6.54. The van der Waals surface area contributed by atoms with E-state index >= 15 is 4.39 Å². The van der Waals surface area contributed by atoms with Gasteiger partial charge in [-0.05, 0) is 25.8 Å². The van der Waals surface area contributed by atoms with Crippen LogP contribution in [0.5, 0.6) is 5.75 Å². The van der Waals surface area contributed by atoms with E-state index in [9.17, 15) is 9.18 Å². The first-order valence-corrected chi connectivity index (χ1v) is 9.43. The lowest BCUT2D eigenvalue weighted by Gasteiger charge is -2.24. The zero-order valence-corrected chi connectivity index (χ0v) is 15.5. The second-order valence-electron chi connectivity index (χ2n) is 8.35. The molecule has 0 radical (unpaired) electrons. The summed E-state index contributed by atoms with van der Waals surface area (Å²) in [7, 11) is 1.47. The molecule has 3 atom stereocenters. The highest BCUT2D eigenvalue weighted by molar-refractivity contribution is 5.92. The minimum atomic E-state index is -0.955. The van der Waals surface area contributed by atoms with Gasteiger partial charge in [0.25, 0.3) is 0 Å². The highest BCUT2D eigenvalue weighted by atomic mass is 19.1. The van der Waals surface area contributed by atoms with Crippen molar-refractivity contribution in [2.45, 2.75) is 44.4 Å². The van der Waals surface area contributed by atoms with Crippen LogP contribution in [0, 0.1) is 18.2 Å². The first-order chi connectivity index (χ1) is 12.9. The van der Waals surface area contributed by atoms with Crippen molar-refractivity contribution in [3.05, 3.63) is 33.9 Å². The third-order valence-corrected chi connectivity index (χ3v) is 6.54. The highest BCUT2D eigenvalue weighted by Gasteiger charge is 2.54. The minimum absolute atomic E-state index is 0.00355. The van der Waals surface area contributed by atoms with E-state index in [2.05, 4.69) is 0 Å². The molecular weight excluding hydrogens is 352 g/mol. The van der Waals surface area contributed by atoms with E-state index in [4.69, 9.17) is 10.5 Å². The standard InChI is InChI=1S/C20H23F2N3O2/c1-10-7-25(14-6-12(14)21)16-11(18(10)26)5-13(22)17(19(16)27-2)24-8-15(23)20(9-24)3-4-20/h5,7,12,14-15H,3-4,6,8-9,23H2,1-2H3/t12?,14?,15-/m1/s1. The predicted molar refractivity (Wildman–Crippen MR) is 99.9 cm³/mol. The minimum Gasteiger partial charge on any atom is -0.492 e. The zero-order valence-electron chi connectivity index (χ0n) is 15.5. The number of ether oxygens (including phenoxy) is 1. The number of hydrogen-bond acceptors (Lipinski definition) is 4. The molecule has 144 valence electrons. The van der Waals surface area contributed by atoms with Gasteiger partial charge >= 0.3 is 0 Å². The molecule has 2 N–H and O–H groups in total. The quantitative estimate of drug-likeness (QED) is 0.896. The Morgan fingerprint density at radius 1 is 1.37 bits per heavy atom. The molecule has 1 saturated heterocycles. The van der Waals surface area contributed by atoms with Crippen LogP contribution in [0.1, 0.15) is 30.9 Å². The van der Waals surface area contributed by atoms with Gasteiger partial charge in [-0.25, -0.2) is 8.78 Å². The molecule has 2 aliphatic carbocycles. The fourth-order valence-electron chi connectivity index (χ4n) is 4.62. The van der Waals surface area contributed by atoms with Gasteiger partial charge in [-0.15, -0.1) is 0 Å². The van der Waals surface area contributed by atoms with Gasteiger partial charge < -0.3 is 19.9 Å². The monoisotopic (exact) mass is 375 g/mol. The number of rotatable bonds is 3. The second kappa shape index (κ2) is 5.44. The van der Waals surface area contributed by atoms with Crippen LogP contribution in [-0.2, 0) is 0 Å². The number of aryl methyl sites for hydroxylation is 1. The molecule has 2 saturated carbocycles. The lowest BCUT2D eigenvalue weighted by Crippen LogP contribution is -2.30. The van der Waals surface area contributed by atoms with Gasteiger partial charge in [0, 0.05) is 42.7 Å². The fourth-order valence-corrected chi connectivity index (χ4v) is 4.62. The van der Waals surface area contributed by atoms with Crippen LogP contribution >= 0.6 is 0 Å². The van der Waals surface area contributed by atoms with Crippen molar-refractivity contribution in [3.63, 3.8) is 0 Å². The second-order valence-corrected chi connectivity index (χ2v) is 8.35. The average molecular weight is 375 g/mol. The Labute approximate surface area is 155 Å². The van der Waals surface area contributed by atoms with Gasteiger partial charge in [0.15, 0.2) is 17.0 Å². The molecule has 1 spiro atoms. The Morgan fingerprint density at radius 3 is 2.63 bits per heavy atom. The van der Waals surface area contributed by atoms with Crippen LogP contribution in [0.15, 0.2) is 17.1 Å². The first kappa shape index (κ1) is 17.0. The Bertz CT molecular complexity index is 1010. The number of anilines is 1. The van der Waals surface area contributed by atoms with E-state index in [0.29, 0.717) is 42.0 Å². The summed E-state index contributed by atoms with van der Waals surface area (Å²) >= 11 is 0. The number of alkyl halides is 1. The van der Waals surface area contributed by atoms with Gasteiger partial charge in [-0.2, -0.15) is 0 Å². The molecule has 2 aromatic rings. The molecule has 5 nitrogen and oxygen atoms in total. The number of pyridine rings is 1. The number of fused-ring (bicyclic) bond motifs is 1. The molecule has 0 bridgehead atoms. The van der Waals surface area contributed by atoms with Crippen molar-refractivity contribution in [2.75, 3.05) is 25.1 Å². The molecule has 3 aliphatic rings. The van der Waals surface area contributed by atoms with Crippen molar-refractivity contribution < 1.29 is 13.5 Å². The maximum absolute atomic E-state index is 15.2. The third kappa shape index (κ3) is 2.33. The molecule has 7 heteroatoms. The zero-order chi connectivity index (χ0) is 19.1. The van der Waals surface area contributed by atoms with E-state index in [1.54, 1.807) is 17.7 Å². The summed E-state index contributed by atoms with van der Waals surface area (Å²) < 4.78 is 36.4. The normalized spacial score (nSPS) is 28.2. The van der Waals surface area contributed by atoms with Crippen LogP contribution in [-0.4, -0.2) is 37.0 Å². The van der Waals surface area contributed by atoms with Gasteiger partial charge in [0.05, 0.1) is 24.1 Å². The Hall–Kier alpha value is -2.15. The van der Waals surface area contributed by atoms with E-state index in [0.717, 1.165) is 12.8 Å². The van der Waals surface area contributed by atoms with E-state index in [1.807, 2.05) is 4.90 Å². The summed E-state index contributed by atoms with van der Waals surface area (Å²) in [6.45, 7) is 2.89. The van der Waals surface area contributed by atoms with Crippen molar-refractivity contribution in [2.24, 2.45) is 11.1 Å². The molecule has 1 aromatic carbocycles. The molecule has 1 aliphatic heterocycles. The SMILES string of the molecule is COc1c(N2C[C@@H](N)C3(CC3)C2)c(F)cc2c(=O)c(C)cn(C3CC3F)c12. The summed E-state index contributed by atoms with van der Waals surface area (Å²) in [5.41, 5.74) is 7.39. The van der Waals surface area contributed by atoms with Crippen LogP contribution in [0.25, 0.3) is 10.9 Å². The molecule has 1 aromatic heterocycles. The molecule has 2 unspecified atom stereocenters. The van der Waals surface area contributed by atoms with Gasteiger partial charge in [0.1, 0.15) is 11.9 Å². The number of halogens is 2. The maximum Gasteiger partial charge on any atom is 0.192 e. The summed E-state index contributed by atoms with van der Waals surface area (Å²) in [6.07, 6.45) is 3.21. The molecule has 5 rings (SSSR count). The summed E-state index contributed by atoms with van der Waals surface area (Å²) in [5.74, 6) is -0.197. The van der Waals surface area contributed by atoms with Gasteiger partial charge in [-0.3, -0.25) is 4.79 Å². The highest BCUT2D eigenvalue weighted by Crippen LogP contribution is 2.54. The van der Waals surface area contributed by atoms with Crippen LogP contribution < -0.4 is 20.8 Å². The maximum atomic E-state index is 15.2. The number of benzene rings is 1. The summed E-state index contributed by atoms with van der Waals surface area (Å²) in [4.78, 5) is 14.6. The topological polar surface area (TPSA) is 60.5 Å². The Balaban J connectivity index is 1.76. The number of hydrogen-bond donors (Lipinski definition) is 1. The Morgan fingerprint density at radius 2 is 2.07 bits per heavy atom. The van der Waals surface area contributed by atoms with Crippen molar-refractivity contribution >= 4 is 16.6 Å². The van der Waals surface area contributed by atoms with E-state index in [1.165, 1.54) is 13.2 Å². The molecule has 27 heavy (non-hydrogen) atoms. The molecule has 3 fully saturated rings. The largest absolute Gasteiger partial charge is 0.492 e.